The van der Waals surface area contributed by atoms with E-state index in [1.807, 2.05) is 24.3 Å². The Kier molecular flexibility index (Phi) is 3.69. The van der Waals surface area contributed by atoms with Gasteiger partial charge in [-0.3, -0.25) is 0 Å². The fraction of sp³-hybridized carbons (Fsp3) is 0.500. The molecule has 1 aliphatic heterocycles. The van der Waals surface area contributed by atoms with E-state index in [1.165, 1.54) is 0 Å². The number of rotatable bonds is 4. The highest BCUT2D eigenvalue weighted by molar-refractivity contribution is 7.90. The highest BCUT2D eigenvalue weighted by Gasteiger charge is 2.41. The molecule has 4 rings (SSSR count). The molecule has 122 valence electrons. The molecule has 0 bridgehead atoms. The molecule has 2 heterocycles. The van der Waals surface area contributed by atoms with Crippen molar-refractivity contribution in [2.24, 2.45) is 0 Å². The summed E-state index contributed by atoms with van der Waals surface area (Å²) in [5.74, 6) is 0.534. The van der Waals surface area contributed by atoms with Gasteiger partial charge in [-0.1, -0.05) is 18.2 Å². The van der Waals surface area contributed by atoms with Crippen LogP contribution in [-0.4, -0.2) is 47.4 Å². The molecule has 1 saturated carbocycles. The van der Waals surface area contributed by atoms with Crippen molar-refractivity contribution in [1.29, 1.82) is 0 Å². The lowest BCUT2D eigenvalue weighted by atomic mass is 10.1. The van der Waals surface area contributed by atoms with E-state index >= 15 is 0 Å². The fourth-order valence-electron chi connectivity index (χ4n) is 3.03. The Bertz CT molecular complexity index is 807. The van der Waals surface area contributed by atoms with Gasteiger partial charge in [-0.05, 0) is 31.7 Å². The molecule has 1 aliphatic carbocycles. The third-order valence-corrected chi connectivity index (χ3v) is 6.92. The number of hydrogen-bond acceptors (Lipinski definition) is 5. The highest BCUT2D eigenvalue weighted by Crippen LogP contribution is 2.33. The summed E-state index contributed by atoms with van der Waals surface area (Å²) in [5, 5.41) is 9.88. The number of hydrogen-bond donors (Lipinski definition) is 0. The Morgan fingerprint density at radius 3 is 2.57 bits per heavy atom. The third kappa shape index (κ3) is 2.90. The van der Waals surface area contributed by atoms with Crippen molar-refractivity contribution < 1.29 is 13.2 Å². The first kappa shape index (κ1) is 14.8. The van der Waals surface area contributed by atoms with E-state index in [4.69, 9.17) is 4.74 Å². The van der Waals surface area contributed by atoms with Gasteiger partial charge in [0, 0.05) is 23.9 Å². The Morgan fingerprint density at radius 2 is 1.83 bits per heavy atom. The van der Waals surface area contributed by atoms with Crippen molar-refractivity contribution in [2.45, 2.75) is 37.0 Å². The first-order chi connectivity index (χ1) is 11.1. The van der Waals surface area contributed by atoms with Crippen molar-refractivity contribution in [3.05, 3.63) is 30.5 Å². The molecule has 2 aliphatic rings. The molecule has 6 nitrogen and oxygen atoms in total. The summed E-state index contributed by atoms with van der Waals surface area (Å²) in [6.45, 7) is 1.06. The quantitative estimate of drug-likeness (QED) is 0.855. The van der Waals surface area contributed by atoms with Crippen LogP contribution in [0.3, 0.4) is 0 Å². The van der Waals surface area contributed by atoms with E-state index in [2.05, 4.69) is 10.2 Å². The zero-order valence-corrected chi connectivity index (χ0v) is 13.6. The Balaban J connectivity index is 1.45. The van der Waals surface area contributed by atoms with Gasteiger partial charge in [0.15, 0.2) is 0 Å². The first-order valence-corrected chi connectivity index (χ1v) is 9.51. The van der Waals surface area contributed by atoms with Crippen LogP contribution in [0.4, 0.5) is 0 Å². The minimum absolute atomic E-state index is 0.0132. The molecule has 2 fully saturated rings. The van der Waals surface area contributed by atoms with Gasteiger partial charge in [-0.2, -0.15) is 5.10 Å². The lowest BCUT2D eigenvalue weighted by Gasteiger charge is -2.31. The predicted octanol–water partition coefficient (Wildman–Crippen LogP) is 1.97. The summed E-state index contributed by atoms with van der Waals surface area (Å²) < 4.78 is 32.1. The van der Waals surface area contributed by atoms with Crippen LogP contribution in [-0.2, 0) is 10.0 Å². The summed E-state index contributed by atoms with van der Waals surface area (Å²) in [6.07, 6.45) is 4.70. The van der Waals surface area contributed by atoms with Gasteiger partial charge in [0.1, 0.15) is 6.10 Å². The van der Waals surface area contributed by atoms with Crippen LogP contribution in [0, 0.1) is 0 Å². The smallest absolute Gasteiger partial charge is 0.241 e. The Labute approximate surface area is 135 Å². The molecule has 0 radical (unpaired) electrons. The average Bonchev–Trinajstić information content (AvgIpc) is 3.41. The van der Waals surface area contributed by atoms with E-state index < -0.39 is 10.0 Å². The molecule has 23 heavy (non-hydrogen) atoms. The van der Waals surface area contributed by atoms with Gasteiger partial charge in [0.2, 0.25) is 15.9 Å². The van der Waals surface area contributed by atoms with Gasteiger partial charge in [0.25, 0.3) is 0 Å². The van der Waals surface area contributed by atoms with Gasteiger partial charge in [-0.25, -0.2) is 12.7 Å². The normalized spacial score (nSPS) is 20.7. The number of nitrogens with zero attached hydrogens (tertiary/aromatic N) is 3. The second-order valence-corrected chi connectivity index (χ2v) is 8.41. The zero-order valence-electron chi connectivity index (χ0n) is 12.8. The fourth-order valence-corrected chi connectivity index (χ4v) is 4.90. The number of aromatic nitrogens is 2. The zero-order chi connectivity index (χ0) is 15.9. The molecule has 2 aromatic rings. The standard InChI is InChI=1S/C16H19N3O3S/c20-23(21,14-5-6-14)19-9-7-13(8-10-19)22-16-15-4-2-1-3-12(15)11-17-18-16/h1-4,11,13-14H,5-10H2. The van der Waals surface area contributed by atoms with Crippen molar-refractivity contribution in [3.63, 3.8) is 0 Å². The van der Waals surface area contributed by atoms with Crippen LogP contribution in [0.1, 0.15) is 25.7 Å². The number of benzene rings is 1. The first-order valence-electron chi connectivity index (χ1n) is 8.00. The van der Waals surface area contributed by atoms with Crippen LogP contribution in [0.25, 0.3) is 10.8 Å². The van der Waals surface area contributed by atoms with Gasteiger partial charge in [-0.15, -0.1) is 5.10 Å². The van der Waals surface area contributed by atoms with Crippen molar-refractivity contribution >= 4 is 20.8 Å². The highest BCUT2D eigenvalue weighted by atomic mass is 32.2. The maximum absolute atomic E-state index is 12.3. The molecule has 0 spiro atoms. The molecule has 1 aromatic carbocycles. The van der Waals surface area contributed by atoms with Crippen molar-refractivity contribution in [2.75, 3.05) is 13.1 Å². The minimum Gasteiger partial charge on any atom is -0.473 e. The van der Waals surface area contributed by atoms with Gasteiger partial charge < -0.3 is 4.74 Å². The van der Waals surface area contributed by atoms with Gasteiger partial charge >= 0.3 is 0 Å². The molecular formula is C16H19N3O3S. The summed E-state index contributed by atoms with van der Waals surface area (Å²) in [5.41, 5.74) is 0. The molecule has 0 N–H and O–H groups in total. The van der Waals surface area contributed by atoms with Crippen LogP contribution in [0.2, 0.25) is 0 Å². The monoisotopic (exact) mass is 333 g/mol. The summed E-state index contributed by atoms with van der Waals surface area (Å²) in [6, 6.07) is 7.84. The SMILES string of the molecule is O=S(=O)(C1CC1)N1CCC(Oc2nncc3ccccc23)CC1. The predicted molar refractivity (Wildman–Crippen MR) is 86.7 cm³/mol. The maximum Gasteiger partial charge on any atom is 0.241 e. The van der Waals surface area contributed by atoms with Crippen LogP contribution in [0.15, 0.2) is 30.5 Å². The molecule has 7 heteroatoms. The lowest BCUT2D eigenvalue weighted by molar-refractivity contribution is 0.130. The number of ether oxygens (including phenoxy) is 1. The van der Waals surface area contributed by atoms with Crippen LogP contribution >= 0.6 is 0 Å². The van der Waals surface area contributed by atoms with E-state index in [1.54, 1.807) is 10.5 Å². The van der Waals surface area contributed by atoms with E-state index in [0.29, 0.717) is 31.8 Å². The lowest BCUT2D eigenvalue weighted by Crippen LogP contribution is -2.43. The second kappa shape index (κ2) is 5.72. The third-order valence-electron chi connectivity index (χ3n) is 4.52. The number of piperidine rings is 1. The van der Waals surface area contributed by atoms with Crippen LogP contribution in [0.5, 0.6) is 5.88 Å². The average molecular weight is 333 g/mol. The Hall–Kier alpha value is -1.73. The topological polar surface area (TPSA) is 72.4 Å². The van der Waals surface area contributed by atoms with Crippen molar-refractivity contribution in [3.8, 4) is 5.88 Å². The maximum atomic E-state index is 12.3. The van der Waals surface area contributed by atoms with E-state index in [-0.39, 0.29) is 11.4 Å². The van der Waals surface area contributed by atoms with Crippen LogP contribution < -0.4 is 4.74 Å². The largest absolute Gasteiger partial charge is 0.473 e. The summed E-state index contributed by atoms with van der Waals surface area (Å²) >= 11 is 0. The molecule has 0 unspecified atom stereocenters. The molecule has 0 atom stereocenters. The minimum atomic E-state index is -3.07. The van der Waals surface area contributed by atoms with Gasteiger partial charge in [0.05, 0.1) is 11.4 Å². The molecule has 0 amide bonds. The summed E-state index contributed by atoms with van der Waals surface area (Å²) in [7, 11) is -3.07. The second-order valence-electron chi connectivity index (χ2n) is 6.20. The molecule has 1 saturated heterocycles. The number of sulfonamides is 1. The van der Waals surface area contributed by atoms with E-state index in [9.17, 15) is 8.42 Å². The van der Waals surface area contributed by atoms with Crippen molar-refractivity contribution in [1.82, 2.24) is 14.5 Å². The van der Waals surface area contributed by atoms with E-state index in [0.717, 1.165) is 23.6 Å². The molecule has 1 aromatic heterocycles. The Morgan fingerprint density at radius 1 is 1.09 bits per heavy atom. The molecular weight excluding hydrogens is 314 g/mol. The number of fused-ring (bicyclic) bond motifs is 1. The summed E-state index contributed by atoms with van der Waals surface area (Å²) in [4.78, 5) is 0.